The summed E-state index contributed by atoms with van der Waals surface area (Å²) in [6.45, 7) is 10.3. The lowest BCUT2D eigenvalue weighted by molar-refractivity contribution is -0.123. The van der Waals surface area contributed by atoms with Crippen molar-refractivity contribution in [1.29, 1.82) is 0 Å². The highest BCUT2D eigenvalue weighted by Crippen LogP contribution is 2.20. The molecule has 0 spiro atoms. The molecule has 1 amide bonds. The van der Waals surface area contributed by atoms with Crippen LogP contribution < -0.4 is 5.32 Å². The molecule has 1 fully saturated rings. The van der Waals surface area contributed by atoms with Gasteiger partial charge in [0.2, 0.25) is 15.9 Å². The molecule has 146 valence electrons. The summed E-state index contributed by atoms with van der Waals surface area (Å²) in [6, 6.07) is 5.47. The average Bonchev–Trinajstić information content (AvgIpc) is 2.62. The molecule has 0 bridgehead atoms. The predicted octanol–water partition coefficient (Wildman–Crippen LogP) is 1.91. The quantitative estimate of drug-likeness (QED) is 0.783. The first kappa shape index (κ1) is 20.9. The Morgan fingerprint density at radius 1 is 1.08 bits per heavy atom. The highest BCUT2D eigenvalue weighted by Gasteiger charge is 2.29. The van der Waals surface area contributed by atoms with Crippen LogP contribution in [0.5, 0.6) is 0 Å². The number of aryl methyl sites for hydroxylation is 2. The lowest BCUT2D eigenvalue weighted by Crippen LogP contribution is -2.51. The normalized spacial score (nSPS) is 16.8. The highest BCUT2D eigenvalue weighted by atomic mass is 32.2. The Morgan fingerprint density at radius 3 is 2.23 bits per heavy atom. The molecule has 0 radical (unpaired) electrons. The molecule has 6 nitrogen and oxygen atoms in total. The van der Waals surface area contributed by atoms with Crippen molar-refractivity contribution in [2.75, 3.05) is 32.7 Å². The van der Waals surface area contributed by atoms with Crippen molar-refractivity contribution in [2.24, 2.45) is 0 Å². The molecule has 1 heterocycles. The Balaban J connectivity index is 1.93. The molecule has 7 heteroatoms. The van der Waals surface area contributed by atoms with Crippen molar-refractivity contribution < 1.29 is 13.2 Å². The number of sulfonamides is 1. The number of benzene rings is 1. The Kier molecular flexibility index (Phi) is 7.20. The minimum atomic E-state index is -3.47. The third kappa shape index (κ3) is 5.05. The van der Waals surface area contributed by atoms with Crippen molar-refractivity contribution in [3.63, 3.8) is 0 Å². The fraction of sp³-hybridized carbons (Fsp3) is 0.632. The molecule has 26 heavy (non-hydrogen) atoms. The third-order valence-electron chi connectivity index (χ3n) is 5.17. The van der Waals surface area contributed by atoms with Crippen LogP contribution in [0.2, 0.25) is 0 Å². The van der Waals surface area contributed by atoms with E-state index in [0.717, 1.165) is 24.0 Å². The lowest BCUT2D eigenvalue weighted by atomic mass is 10.1. The first-order valence-electron chi connectivity index (χ1n) is 9.37. The van der Waals surface area contributed by atoms with Crippen LogP contribution in [-0.2, 0) is 14.8 Å². The molecule has 1 aromatic rings. The van der Waals surface area contributed by atoms with Gasteiger partial charge in [0.25, 0.3) is 0 Å². The van der Waals surface area contributed by atoms with Gasteiger partial charge in [0, 0.05) is 32.2 Å². The largest absolute Gasteiger partial charge is 0.352 e. The van der Waals surface area contributed by atoms with Gasteiger partial charge in [-0.15, -0.1) is 0 Å². The minimum absolute atomic E-state index is 0.0177. The molecule has 1 saturated heterocycles. The Hall–Kier alpha value is -1.44. The maximum absolute atomic E-state index is 12.8. The van der Waals surface area contributed by atoms with Crippen LogP contribution in [0, 0.1) is 13.8 Å². The summed E-state index contributed by atoms with van der Waals surface area (Å²) < 4.78 is 27.2. The number of hydrogen-bond acceptors (Lipinski definition) is 4. The zero-order chi connectivity index (χ0) is 19.3. The molecule has 0 aliphatic carbocycles. The van der Waals surface area contributed by atoms with Gasteiger partial charge in [-0.05, 0) is 49.9 Å². The monoisotopic (exact) mass is 381 g/mol. The van der Waals surface area contributed by atoms with Crippen molar-refractivity contribution >= 4 is 15.9 Å². The average molecular weight is 382 g/mol. The fourth-order valence-corrected chi connectivity index (χ4v) is 4.63. The number of amides is 1. The van der Waals surface area contributed by atoms with E-state index < -0.39 is 10.0 Å². The van der Waals surface area contributed by atoms with Gasteiger partial charge in [0.15, 0.2) is 0 Å². The molecular formula is C19H31N3O3S. The van der Waals surface area contributed by atoms with Crippen LogP contribution in [0.15, 0.2) is 23.1 Å². The molecule has 1 aliphatic heterocycles. The fourth-order valence-electron chi connectivity index (χ4n) is 3.12. The summed E-state index contributed by atoms with van der Waals surface area (Å²) in [5.41, 5.74) is 2.06. The van der Waals surface area contributed by atoms with E-state index in [1.165, 1.54) is 4.31 Å². The maximum Gasteiger partial charge on any atom is 0.243 e. The highest BCUT2D eigenvalue weighted by molar-refractivity contribution is 7.89. The van der Waals surface area contributed by atoms with E-state index in [1.807, 2.05) is 24.8 Å². The summed E-state index contributed by atoms with van der Waals surface area (Å²) in [5.74, 6) is 0.0177. The summed E-state index contributed by atoms with van der Waals surface area (Å²) in [5, 5.41) is 3.03. The maximum atomic E-state index is 12.8. The molecule has 0 unspecified atom stereocenters. The van der Waals surface area contributed by atoms with E-state index in [-0.39, 0.29) is 11.9 Å². The Labute approximate surface area is 157 Å². The standard InChI is InChI=1S/C19H31N3O3S/c1-5-17(6-2)20-19(23)14-21-9-11-22(12-10-21)26(24,25)18-8-7-15(3)16(4)13-18/h7-8,13,17H,5-6,9-12,14H2,1-4H3,(H,20,23). The molecule has 1 aromatic carbocycles. The SMILES string of the molecule is CCC(CC)NC(=O)CN1CCN(S(=O)(=O)c2ccc(C)c(C)c2)CC1. The number of carbonyl (C=O) groups is 1. The van der Waals surface area contributed by atoms with Crippen LogP contribution in [0.25, 0.3) is 0 Å². The number of carbonyl (C=O) groups excluding carboxylic acids is 1. The molecule has 1 aliphatic rings. The van der Waals surface area contributed by atoms with Gasteiger partial charge in [0.05, 0.1) is 11.4 Å². The number of rotatable bonds is 7. The van der Waals surface area contributed by atoms with Gasteiger partial charge in [-0.25, -0.2) is 8.42 Å². The number of piperazine rings is 1. The molecule has 1 N–H and O–H groups in total. The lowest BCUT2D eigenvalue weighted by Gasteiger charge is -2.33. The van der Waals surface area contributed by atoms with Gasteiger partial charge in [-0.3, -0.25) is 9.69 Å². The first-order valence-corrected chi connectivity index (χ1v) is 10.8. The van der Waals surface area contributed by atoms with Crippen molar-refractivity contribution in [3.05, 3.63) is 29.3 Å². The van der Waals surface area contributed by atoms with Crippen LogP contribution >= 0.6 is 0 Å². The predicted molar refractivity (Wildman–Crippen MR) is 104 cm³/mol. The summed E-state index contributed by atoms with van der Waals surface area (Å²) >= 11 is 0. The second kappa shape index (κ2) is 8.97. The van der Waals surface area contributed by atoms with E-state index in [2.05, 4.69) is 19.2 Å². The molecule has 2 rings (SSSR count). The summed E-state index contributed by atoms with van der Waals surface area (Å²) in [7, 11) is -3.47. The van der Waals surface area contributed by atoms with Crippen molar-refractivity contribution in [2.45, 2.75) is 51.5 Å². The van der Waals surface area contributed by atoms with Gasteiger partial charge in [-0.2, -0.15) is 4.31 Å². The van der Waals surface area contributed by atoms with Gasteiger partial charge in [0.1, 0.15) is 0 Å². The Morgan fingerprint density at radius 2 is 1.69 bits per heavy atom. The molecule has 0 aromatic heterocycles. The van der Waals surface area contributed by atoms with E-state index in [9.17, 15) is 13.2 Å². The smallest absolute Gasteiger partial charge is 0.243 e. The van der Waals surface area contributed by atoms with Crippen LogP contribution in [0.4, 0.5) is 0 Å². The first-order chi connectivity index (χ1) is 12.3. The van der Waals surface area contributed by atoms with Gasteiger partial charge >= 0.3 is 0 Å². The zero-order valence-electron chi connectivity index (χ0n) is 16.3. The van der Waals surface area contributed by atoms with Crippen LogP contribution in [0.3, 0.4) is 0 Å². The van der Waals surface area contributed by atoms with Crippen LogP contribution in [-0.4, -0.2) is 62.3 Å². The number of nitrogens with one attached hydrogen (secondary N) is 1. The molecular weight excluding hydrogens is 350 g/mol. The second-order valence-electron chi connectivity index (χ2n) is 7.01. The molecule has 0 atom stereocenters. The summed E-state index contributed by atoms with van der Waals surface area (Å²) in [4.78, 5) is 14.5. The topological polar surface area (TPSA) is 69.7 Å². The third-order valence-corrected chi connectivity index (χ3v) is 7.06. The van der Waals surface area contributed by atoms with E-state index >= 15 is 0 Å². The van der Waals surface area contributed by atoms with Gasteiger partial charge in [-0.1, -0.05) is 19.9 Å². The van der Waals surface area contributed by atoms with Crippen molar-refractivity contribution in [3.8, 4) is 0 Å². The van der Waals surface area contributed by atoms with Crippen LogP contribution in [0.1, 0.15) is 37.8 Å². The Bertz CT molecular complexity index is 722. The van der Waals surface area contributed by atoms with E-state index in [1.54, 1.807) is 12.1 Å². The zero-order valence-corrected chi connectivity index (χ0v) is 17.1. The van der Waals surface area contributed by atoms with Crippen molar-refractivity contribution in [1.82, 2.24) is 14.5 Å². The van der Waals surface area contributed by atoms with E-state index in [0.29, 0.717) is 37.6 Å². The minimum Gasteiger partial charge on any atom is -0.352 e. The number of hydrogen-bond donors (Lipinski definition) is 1. The van der Waals surface area contributed by atoms with Gasteiger partial charge < -0.3 is 5.32 Å². The van der Waals surface area contributed by atoms with E-state index in [4.69, 9.17) is 0 Å². The summed E-state index contributed by atoms with van der Waals surface area (Å²) in [6.07, 6.45) is 1.84. The number of nitrogens with zero attached hydrogens (tertiary/aromatic N) is 2. The second-order valence-corrected chi connectivity index (χ2v) is 8.95. The molecule has 0 saturated carbocycles.